The van der Waals surface area contributed by atoms with Crippen molar-refractivity contribution in [2.45, 2.75) is 19.8 Å². The number of nitro groups is 1. The Morgan fingerprint density at radius 1 is 1.39 bits per heavy atom. The maximum absolute atomic E-state index is 11.4. The second-order valence-electron chi connectivity index (χ2n) is 5.03. The van der Waals surface area contributed by atoms with Crippen molar-refractivity contribution in [3.63, 3.8) is 0 Å². The average molecular weight is 316 g/mol. The Kier molecular flexibility index (Phi) is 4.49. The molecule has 0 amide bonds. The highest BCUT2D eigenvalue weighted by atomic mass is 16.6. The van der Waals surface area contributed by atoms with Crippen molar-refractivity contribution in [2.24, 2.45) is 0 Å². The SMILES string of the molecule is C/C=C\C(C)c1c(C(=O)O)ccn1-c1cc(O)ccc1[N+](=O)[O-]. The van der Waals surface area contributed by atoms with Crippen LogP contribution in [0.5, 0.6) is 5.75 Å². The highest BCUT2D eigenvalue weighted by molar-refractivity contribution is 5.89. The van der Waals surface area contributed by atoms with E-state index in [0.717, 1.165) is 0 Å². The van der Waals surface area contributed by atoms with E-state index in [1.807, 2.05) is 0 Å². The topological polar surface area (TPSA) is 106 Å². The molecule has 0 radical (unpaired) electrons. The number of allylic oxidation sites excluding steroid dienone is 2. The molecule has 2 rings (SSSR count). The highest BCUT2D eigenvalue weighted by Gasteiger charge is 2.24. The zero-order chi connectivity index (χ0) is 17.1. The van der Waals surface area contributed by atoms with Gasteiger partial charge in [0.05, 0.1) is 10.5 Å². The zero-order valence-electron chi connectivity index (χ0n) is 12.6. The molecule has 0 aliphatic rings. The molecule has 23 heavy (non-hydrogen) atoms. The minimum Gasteiger partial charge on any atom is -0.508 e. The van der Waals surface area contributed by atoms with Crippen LogP contribution in [-0.4, -0.2) is 25.7 Å². The molecule has 0 saturated heterocycles. The maximum Gasteiger partial charge on any atom is 0.337 e. The van der Waals surface area contributed by atoms with E-state index in [0.29, 0.717) is 5.69 Å². The Morgan fingerprint density at radius 2 is 2.09 bits per heavy atom. The monoisotopic (exact) mass is 316 g/mol. The van der Waals surface area contributed by atoms with Gasteiger partial charge in [0.25, 0.3) is 5.69 Å². The van der Waals surface area contributed by atoms with Gasteiger partial charge >= 0.3 is 5.97 Å². The fourth-order valence-electron chi connectivity index (χ4n) is 2.54. The first-order chi connectivity index (χ1) is 10.9. The number of rotatable bonds is 5. The molecular weight excluding hydrogens is 300 g/mol. The summed E-state index contributed by atoms with van der Waals surface area (Å²) in [7, 11) is 0. The lowest BCUT2D eigenvalue weighted by molar-refractivity contribution is -0.384. The van der Waals surface area contributed by atoms with Gasteiger partial charge in [-0.15, -0.1) is 0 Å². The van der Waals surface area contributed by atoms with Crippen LogP contribution in [0.4, 0.5) is 5.69 Å². The third-order valence-corrected chi connectivity index (χ3v) is 3.48. The number of carbonyl (C=O) groups is 1. The lowest BCUT2D eigenvalue weighted by atomic mass is 10.0. The summed E-state index contributed by atoms with van der Waals surface area (Å²) in [4.78, 5) is 22.1. The normalized spacial score (nSPS) is 12.4. The van der Waals surface area contributed by atoms with Crippen LogP contribution in [0.3, 0.4) is 0 Å². The molecular formula is C16H16N2O5. The number of aromatic carboxylic acids is 1. The smallest absolute Gasteiger partial charge is 0.337 e. The summed E-state index contributed by atoms with van der Waals surface area (Å²) in [5.74, 6) is -1.53. The van der Waals surface area contributed by atoms with Gasteiger partial charge in [-0.25, -0.2) is 4.79 Å². The molecule has 0 aliphatic carbocycles. The first-order valence-corrected chi connectivity index (χ1v) is 6.92. The molecule has 0 fully saturated rings. The van der Waals surface area contributed by atoms with Crippen LogP contribution >= 0.6 is 0 Å². The molecule has 1 aromatic heterocycles. The highest BCUT2D eigenvalue weighted by Crippen LogP contribution is 2.32. The van der Waals surface area contributed by atoms with Crippen LogP contribution in [0.25, 0.3) is 5.69 Å². The number of nitrogens with zero attached hydrogens (tertiary/aromatic N) is 2. The van der Waals surface area contributed by atoms with Gasteiger partial charge in [-0.2, -0.15) is 0 Å². The Balaban J connectivity index is 2.77. The number of carboxylic acids is 1. The van der Waals surface area contributed by atoms with Gasteiger partial charge in [0.1, 0.15) is 11.4 Å². The number of benzene rings is 1. The van der Waals surface area contributed by atoms with Crippen molar-refractivity contribution in [1.82, 2.24) is 4.57 Å². The standard InChI is InChI=1S/C16H16N2O5/c1-3-4-10(2)15-12(16(20)21)7-8-17(15)14-9-11(19)5-6-13(14)18(22)23/h3-10,19H,1-2H3,(H,20,21)/b4-3-. The van der Waals surface area contributed by atoms with Gasteiger partial charge in [0, 0.05) is 29.9 Å². The summed E-state index contributed by atoms with van der Waals surface area (Å²) >= 11 is 0. The van der Waals surface area contributed by atoms with Gasteiger partial charge in [-0.1, -0.05) is 19.1 Å². The summed E-state index contributed by atoms with van der Waals surface area (Å²) in [6.45, 7) is 3.61. The number of phenolic OH excluding ortho intramolecular Hbond substituents is 1. The van der Waals surface area contributed by atoms with Crippen LogP contribution in [0.15, 0.2) is 42.6 Å². The Morgan fingerprint density at radius 3 is 2.65 bits per heavy atom. The third kappa shape index (κ3) is 3.08. The van der Waals surface area contributed by atoms with Gasteiger partial charge in [-0.3, -0.25) is 10.1 Å². The molecule has 1 heterocycles. The lowest BCUT2D eigenvalue weighted by Crippen LogP contribution is -2.09. The Labute approximate surface area is 132 Å². The van der Waals surface area contributed by atoms with Crippen LogP contribution in [-0.2, 0) is 0 Å². The van der Waals surface area contributed by atoms with Crippen molar-refractivity contribution in [3.05, 3.63) is 64.0 Å². The summed E-state index contributed by atoms with van der Waals surface area (Å²) < 4.78 is 1.44. The second-order valence-corrected chi connectivity index (χ2v) is 5.03. The Bertz CT molecular complexity index is 792. The van der Waals surface area contributed by atoms with Crippen molar-refractivity contribution >= 4 is 11.7 Å². The van der Waals surface area contributed by atoms with Gasteiger partial charge in [0.2, 0.25) is 0 Å². The predicted octanol–water partition coefficient (Wildman–Crippen LogP) is 3.47. The van der Waals surface area contributed by atoms with Crippen molar-refractivity contribution < 1.29 is 19.9 Å². The van der Waals surface area contributed by atoms with Crippen molar-refractivity contribution in [2.75, 3.05) is 0 Å². The van der Waals surface area contributed by atoms with Crippen LogP contribution in [0.1, 0.15) is 35.8 Å². The quantitative estimate of drug-likeness (QED) is 0.499. The van der Waals surface area contributed by atoms with Gasteiger partial charge in [0.15, 0.2) is 0 Å². The molecule has 7 heteroatoms. The summed E-state index contributed by atoms with van der Waals surface area (Å²) in [5, 5.41) is 30.3. The third-order valence-electron chi connectivity index (χ3n) is 3.48. The first kappa shape index (κ1) is 16.3. The number of hydrogen-bond donors (Lipinski definition) is 2. The van der Waals surface area contributed by atoms with Gasteiger partial charge < -0.3 is 14.8 Å². The molecule has 0 aliphatic heterocycles. The number of hydrogen-bond acceptors (Lipinski definition) is 4. The summed E-state index contributed by atoms with van der Waals surface area (Å²) in [5.41, 5.74) is 0.371. The van der Waals surface area contributed by atoms with Crippen LogP contribution in [0, 0.1) is 10.1 Å². The second kappa shape index (κ2) is 6.35. The molecule has 1 aromatic carbocycles. The van der Waals surface area contributed by atoms with Crippen LogP contribution < -0.4 is 0 Å². The van der Waals surface area contributed by atoms with Crippen molar-refractivity contribution in [3.8, 4) is 11.4 Å². The number of nitro benzene ring substituents is 1. The fraction of sp³-hybridized carbons (Fsp3) is 0.188. The van der Waals surface area contributed by atoms with Crippen LogP contribution in [0.2, 0.25) is 0 Å². The molecule has 2 aromatic rings. The van der Waals surface area contributed by atoms with Gasteiger partial charge in [-0.05, 0) is 19.1 Å². The van der Waals surface area contributed by atoms with Crippen molar-refractivity contribution in [1.29, 1.82) is 0 Å². The number of carboxylic acid groups (broad SMARTS) is 1. The van der Waals surface area contributed by atoms with E-state index in [-0.39, 0.29) is 28.6 Å². The Hall–Kier alpha value is -3.09. The summed E-state index contributed by atoms with van der Waals surface area (Å²) in [6.07, 6.45) is 5.04. The molecule has 2 N–H and O–H groups in total. The fourth-order valence-corrected chi connectivity index (χ4v) is 2.54. The molecule has 120 valence electrons. The molecule has 1 unspecified atom stereocenters. The molecule has 0 bridgehead atoms. The largest absolute Gasteiger partial charge is 0.508 e. The number of aromatic hydroxyl groups is 1. The minimum absolute atomic E-state index is 0.0632. The first-order valence-electron chi connectivity index (χ1n) is 6.92. The van der Waals surface area contributed by atoms with E-state index in [9.17, 15) is 25.1 Å². The molecule has 0 spiro atoms. The van der Waals surface area contributed by atoms with E-state index in [2.05, 4.69) is 0 Å². The summed E-state index contributed by atoms with van der Waals surface area (Å²) in [6, 6.07) is 5.05. The minimum atomic E-state index is -1.11. The molecule has 0 saturated carbocycles. The van der Waals surface area contributed by atoms with E-state index in [1.54, 1.807) is 26.0 Å². The van der Waals surface area contributed by atoms with E-state index >= 15 is 0 Å². The lowest BCUT2D eigenvalue weighted by Gasteiger charge is -2.14. The van der Waals surface area contributed by atoms with E-state index < -0.39 is 10.9 Å². The number of aromatic nitrogens is 1. The predicted molar refractivity (Wildman–Crippen MR) is 84.3 cm³/mol. The van der Waals surface area contributed by atoms with E-state index in [4.69, 9.17) is 0 Å². The average Bonchev–Trinajstić information content (AvgIpc) is 2.92. The van der Waals surface area contributed by atoms with E-state index in [1.165, 1.54) is 35.0 Å². The number of phenols is 1. The zero-order valence-corrected chi connectivity index (χ0v) is 12.6. The maximum atomic E-state index is 11.4. The molecule has 7 nitrogen and oxygen atoms in total. The molecule has 1 atom stereocenters.